The molecule has 0 radical (unpaired) electrons. The highest BCUT2D eigenvalue weighted by Crippen LogP contribution is 2.24. The second kappa shape index (κ2) is 5.57. The van der Waals surface area contributed by atoms with E-state index in [2.05, 4.69) is 0 Å². The fourth-order valence-electron chi connectivity index (χ4n) is 1.94. The summed E-state index contributed by atoms with van der Waals surface area (Å²) in [7, 11) is 0. The Bertz CT molecular complexity index is 605. The Morgan fingerprint density at radius 3 is 2.68 bits per heavy atom. The standard InChI is InChI=1S/C16H17NO2/c1-3-19-15-8-7-11(2)9-14(15)16(18)12-5-4-6-13(17)10-12/h4-10H,3,17H2,1-2H3. The van der Waals surface area contributed by atoms with Crippen LogP contribution in [0.15, 0.2) is 42.5 Å². The molecular weight excluding hydrogens is 238 g/mol. The smallest absolute Gasteiger partial charge is 0.196 e. The van der Waals surface area contributed by atoms with Gasteiger partial charge in [0.1, 0.15) is 5.75 Å². The van der Waals surface area contributed by atoms with Crippen LogP contribution in [0.4, 0.5) is 5.69 Å². The number of aryl methyl sites for hydroxylation is 1. The third-order valence-electron chi connectivity index (χ3n) is 2.83. The van der Waals surface area contributed by atoms with Crippen LogP contribution in [-0.4, -0.2) is 12.4 Å². The highest BCUT2D eigenvalue weighted by molar-refractivity contribution is 6.11. The van der Waals surface area contributed by atoms with Crippen LogP contribution in [0.3, 0.4) is 0 Å². The number of anilines is 1. The van der Waals surface area contributed by atoms with Gasteiger partial charge in [0, 0.05) is 11.3 Å². The zero-order valence-corrected chi connectivity index (χ0v) is 11.1. The average molecular weight is 255 g/mol. The van der Waals surface area contributed by atoms with Gasteiger partial charge in [0.15, 0.2) is 5.78 Å². The molecule has 0 saturated carbocycles. The Balaban J connectivity index is 2.45. The summed E-state index contributed by atoms with van der Waals surface area (Å²) in [5.74, 6) is 0.542. The first kappa shape index (κ1) is 13.1. The molecule has 0 aromatic heterocycles. The quantitative estimate of drug-likeness (QED) is 0.674. The lowest BCUT2D eigenvalue weighted by Crippen LogP contribution is -2.06. The second-order valence-electron chi connectivity index (χ2n) is 4.39. The summed E-state index contributed by atoms with van der Waals surface area (Å²) in [4.78, 5) is 12.5. The molecule has 0 aliphatic heterocycles. The molecule has 2 aromatic carbocycles. The molecule has 19 heavy (non-hydrogen) atoms. The van der Waals surface area contributed by atoms with Gasteiger partial charge in [0.2, 0.25) is 0 Å². The first-order valence-corrected chi connectivity index (χ1v) is 6.25. The fraction of sp³-hybridized carbons (Fsp3) is 0.188. The van der Waals surface area contributed by atoms with Crippen molar-refractivity contribution in [1.82, 2.24) is 0 Å². The Labute approximate surface area is 113 Å². The highest BCUT2D eigenvalue weighted by atomic mass is 16.5. The maximum absolute atomic E-state index is 12.5. The van der Waals surface area contributed by atoms with Crippen molar-refractivity contribution < 1.29 is 9.53 Å². The van der Waals surface area contributed by atoms with Crippen LogP contribution in [0.25, 0.3) is 0 Å². The lowest BCUT2D eigenvalue weighted by molar-refractivity contribution is 0.103. The van der Waals surface area contributed by atoms with Gasteiger partial charge >= 0.3 is 0 Å². The first-order chi connectivity index (χ1) is 9.11. The Hall–Kier alpha value is -2.29. The van der Waals surface area contributed by atoms with Crippen LogP contribution in [0.1, 0.15) is 28.4 Å². The number of hydrogen-bond donors (Lipinski definition) is 1. The summed E-state index contributed by atoms with van der Waals surface area (Å²) in [6, 6.07) is 12.6. The number of carbonyl (C=O) groups excluding carboxylic acids is 1. The molecule has 0 unspecified atom stereocenters. The van der Waals surface area contributed by atoms with Gasteiger partial charge in [-0.25, -0.2) is 0 Å². The van der Waals surface area contributed by atoms with E-state index in [1.54, 1.807) is 24.3 Å². The van der Waals surface area contributed by atoms with E-state index in [1.165, 1.54) is 0 Å². The summed E-state index contributed by atoms with van der Waals surface area (Å²) in [5.41, 5.74) is 8.47. The van der Waals surface area contributed by atoms with Crippen molar-refractivity contribution in [2.24, 2.45) is 0 Å². The van der Waals surface area contributed by atoms with Crippen molar-refractivity contribution in [3.63, 3.8) is 0 Å². The van der Waals surface area contributed by atoms with Crippen molar-refractivity contribution in [3.8, 4) is 5.75 Å². The molecule has 0 bridgehead atoms. The topological polar surface area (TPSA) is 52.3 Å². The van der Waals surface area contributed by atoms with Crippen LogP contribution < -0.4 is 10.5 Å². The van der Waals surface area contributed by atoms with Crippen LogP contribution in [0.2, 0.25) is 0 Å². The zero-order chi connectivity index (χ0) is 13.8. The minimum atomic E-state index is -0.0700. The summed E-state index contributed by atoms with van der Waals surface area (Å²) >= 11 is 0. The molecule has 0 heterocycles. The predicted molar refractivity (Wildman–Crippen MR) is 76.6 cm³/mol. The summed E-state index contributed by atoms with van der Waals surface area (Å²) in [5, 5.41) is 0. The number of nitrogens with two attached hydrogens (primary N) is 1. The van der Waals surface area contributed by atoms with E-state index in [4.69, 9.17) is 10.5 Å². The van der Waals surface area contributed by atoms with Gasteiger partial charge in [-0.15, -0.1) is 0 Å². The van der Waals surface area contributed by atoms with E-state index in [0.717, 1.165) is 5.56 Å². The molecule has 0 amide bonds. The number of ketones is 1. The number of nitrogen functional groups attached to an aromatic ring is 1. The molecule has 0 atom stereocenters. The molecule has 0 aliphatic carbocycles. The lowest BCUT2D eigenvalue weighted by atomic mass is 10.0. The molecule has 0 saturated heterocycles. The van der Waals surface area contributed by atoms with E-state index in [0.29, 0.717) is 29.2 Å². The maximum atomic E-state index is 12.5. The highest BCUT2D eigenvalue weighted by Gasteiger charge is 2.15. The van der Waals surface area contributed by atoms with Gasteiger partial charge in [-0.2, -0.15) is 0 Å². The summed E-state index contributed by atoms with van der Waals surface area (Å²) in [6.07, 6.45) is 0. The molecule has 0 fully saturated rings. The van der Waals surface area contributed by atoms with E-state index < -0.39 is 0 Å². The molecule has 98 valence electrons. The number of benzene rings is 2. The van der Waals surface area contributed by atoms with Crippen molar-refractivity contribution >= 4 is 11.5 Å². The number of rotatable bonds is 4. The van der Waals surface area contributed by atoms with Gasteiger partial charge in [0.05, 0.1) is 12.2 Å². The van der Waals surface area contributed by atoms with E-state index >= 15 is 0 Å². The van der Waals surface area contributed by atoms with Gasteiger partial charge < -0.3 is 10.5 Å². The van der Waals surface area contributed by atoms with Crippen LogP contribution in [0, 0.1) is 6.92 Å². The van der Waals surface area contributed by atoms with Crippen molar-refractivity contribution in [2.45, 2.75) is 13.8 Å². The van der Waals surface area contributed by atoms with Crippen LogP contribution >= 0.6 is 0 Å². The summed E-state index contributed by atoms with van der Waals surface area (Å²) in [6.45, 7) is 4.38. The molecule has 3 heteroatoms. The normalized spacial score (nSPS) is 10.2. The molecule has 0 aliphatic rings. The monoisotopic (exact) mass is 255 g/mol. The van der Waals surface area contributed by atoms with E-state index in [-0.39, 0.29) is 5.78 Å². The maximum Gasteiger partial charge on any atom is 0.196 e. The number of ether oxygens (including phenoxy) is 1. The minimum absolute atomic E-state index is 0.0700. The van der Waals surface area contributed by atoms with E-state index in [1.807, 2.05) is 32.0 Å². The zero-order valence-electron chi connectivity index (χ0n) is 11.1. The summed E-state index contributed by atoms with van der Waals surface area (Å²) < 4.78 is 5.51. The minimum Gasteiger partial charge on any atom is -0.493 e. The third kappa shape index (κ3) is 2.94. The van der Waals surface area contributed by atoms with Crippen molar-refractivity contribution in [1.29, 1.82) is 0 Å². The molecule has 3 nitrogen and oxygen atoms in total. The fourth-order valence-corrected chi connectivity index (χ4v) is 1.94. The van der Waals surface area contributed by atoms with Gasteiger partial charge in [-0.05, 0) is 38.1 Å². The molecule has 2 rings (SSSR count). The molecule has 2 N–H and O–H groups in total. The Morgan fingerprint density at radius 1 is 1.21 bits per heavy atom. The first-order valence-electron chi connectivity index (χ1n) is 6.25. The SMILES string of the molecule is CCOc1ccc(C)cc1C(=O)c1cccc(N)c1. The van der Waals surface area contributed by atoms with Crippen molar-refractivity contribution in [3.05, 3.63) is 59.2 Å². The van der Waals surface area contributed by atoms with E-state index in [9.17, 15) is 4.79 Å². The Kier molecular flexibility index (Phi) is 3.85. The van der Waals surface area contributed by atoms with Crippen LogP contribution in [0.5, 0.6) is 5.75 Å². The average Bonchev–Trinajstić information content (AvgIpc) is 2.40. The third-order valence-corrected chi connectivity index (χ3v) is 2.83. The van der Waals surface area contributed by atoms with Gasteiger partial charge in [-0.1, -0.05) is 23.8 Å². The number of hydrogen-bond acceptors (Lipinski definition) is 3. The predicted octanol–water partition coefficient (Wildman–Crippen LogP) is 3.21. The largest absolute Gasteiger partial charge is 0.493 e. The lowest BCUT2D eigenvalue weighted by Gasteiger charge is -2.10. The molecular formula is C16H17NO2. The van der Waals surface area contributed by atoms with Crippen molar-refractivity contribution in [2.75, 3.05) is 12.3 Å². The number of carbonyl (C=O) groups is 1. The van der Waals surface area contributed by atoms with Crippen LogP contribution in [-0.2, 0) is 0 Å². The second-order valence-corrected chi connectivity index (χ2v) is 4.39. The Morgan fingerprint density at radius 2 is 2.00 bits per heavy atom. The van der Waals surface area contributed by atoms with Gasteiger partial charge in [-0.3, -0.25) is 4.79 Å². The van der Waals surface area contributed by atoms with Gasteiger partial charge in [0.25, 0.3) is 0 Å². The molecule has 2 aromatic rings. The molecule has 0 spiro atoms.